The number of rotatable bonds is 6. The van der Waals surface area contributed by atoms with E-state index < -0.39 is 0 Å². The third-order valence-electron chi connectivity index (χ3n) is 2.26. The first-order chi connectivity index (χ1) is 6.66. The highest BCUT2D eigenvalue weighted by Gasteiger charge is 2.32. The fraction of sp³-hybridized carbons (Fsp3) is 0.900. The molecule has 0 aromatic carbocycles. The summed E-state index contributed by atoms with van der Waals surface area (Å²) in [6.45, 7) is 7.69. The molecule has 0 aliphatic carbocycles. The molecule has 82 valence electrons. The van der Waals surface area contributed by atoms with Crippen molar-refractivity contribution in [2.45, 2.75) is 20.3 Å². The lowest BCUT2D eigenvalue weighted by atomic mass is 9.89. The van der Waals surface area contributed by atoms with Gasteiger partial charge in [-0.3, -0.25) is 4.79 Å². The van der Waals surface area contributed by atoms with E-state index in [9.17, 15) is 4.79 Å². The van der Waals surface area contributed by atoms with Crippen LogP contribution in [0.15, 0.2) is 0 Å². The van der Waals surface area contributed by atoms with Crippen LogP contribution in [-0.4, -0.2) is 38.9 Å². The minimum atomic E-state index is -0.130. The average Bonchev–Trinajstić information content (AvgIpc) is 2.10. The van der Waals surface area contributed by atoms with Crippen molar-refractivity contribution in [3.05, 3.63) is 0 Å². The Bertz CT molecular complexity index is 190. The van der Waals surface area contributed by atoms with E-state index in [4.69, 9.17) is 9.47 Å². The van der Waals surface area contributed by atoms with Crippen LogP contribution < -0.4 is 5.32 Å². The molecule has 0 spiro atoms. The second-order valence-electron chi connectivity index (χ2n) is 4.04. The summed E-state index contributed by atoms with van der Waals surface area (Å²) in [7, 11) is 0. The van der Waals surface area contributed by atoms with E-state index in [2.05, 4.69) is 12.2 Å². The van der Waals surface area contributed by atoms with Gasteiger partial charge in [0.25, 0.3) is 0 Å². The minimum Gasteiger partial charge on any atom is -0.466 e. The summed E-state index contributed by atoms with van der Waals surface area (Å²) in [5, 5.41) is 3.24. The largest absolute Gasteiger partial charge is 0.466 e. The van der Waals surface area contributed by atoms with Crippen LogP contribution in [0.2, 0.25) is 0 Å². The maximum Gasteiger partial charge on any atom is 0.307 e. The summed E-state index contributed by atoms with van der Waals surface area (Å²) in [5.74, 6) is -0.130. The molecule has 0 amide bonds. The third kappa shape index (κ3) is 3.64. The number of carbonyl (C=O) groups excluding carboxylic acids is 1. The van der Waals surface area contributed by atoms with E-state index in [0.29, 0.717) is 19.6 Å². The van der Waals surface area contributed by atoms with Gasteiger partial charge in [0, 0.05) is 18.5 Å². The van der Waals surface area contributed by atoms with Gasteiger partial charge in [0.15, 0.2) is 0 Å². The van der Waals surface area contributed by atoms with Crippen molar-refractivity contribution < 1.29 is 14.3 Å². The fourth-order valence-electron chi connectivity index (χ4n) is 1.37. The molecule has 1 saturated heterocycles. The van der Waals surface area contributed by atoms with E-state index in [1.165, 1.54) is 0 Å². The lowest BCUT2D eigenvalue weighted by Gasteiger charge is -2.38. The van der Waals surface area contributed by atoms with Crippen LogP contribution in [0.25, 0.3) is 0 Å². The summed E-state index contributed by atoms with van der Waals surface area (Å²) in [6.07, 6.45) is 0.449. The Morgan fingerprint density at radius 1 is 1.57 bits per heavy atom. The van der Waals surface area contributed by atoms with Crippen LogP contribution in [-0.2, 0) is 14.3 Å². The molecule has 1 heterocycles. The first kappa shape index (κ1) is 11.5. The standard InChI is InChI=1S/C10H19NO3/c1-3-14-9(12)4-5-11-6-10(2)7-13-8-10/h11H,3-8H2,1-2H3. The van der Waals surface area contributed by atoms with Gasteiger partial charge in [0.05, 0.1) is 26.2 Å². The summed E-state index contributed by atoms with van der Waals surface area (Å²) < 4.78 is 9.93. The van der Waals surface area contributed by atoms with Crippen LogP contribution >= 0.6 is 0 Å². The fourth-order valence-corrected chi connectivity index (χ4v) is 1.37. The molecule has 0 bridgehead atoms. The van der Waals surface area contributed by atoms with Gasteiger partial charge in [-0.25, -0.2) is 0 Å². The molecule has 1 N–H and O–H groups in total. The van der Waals surface area contributed by atoms with Crippen LogP contribution in [0.3, 0.4) is 0 Å². The molecule has 0 saturated carbocycles. The molecule has 1 rings (SSSR count). The highest BCUT2D eigenvalue weighted by Crippen LogP contribution is 2.24. The van der Waals surface area contributed by atoms with Crippen molar-refractivity contribution in [2.24, 2.45) is 5.41 Å². The van der Waals surface area contributed by atoms with Crippen molar-refractivity contribution in [1.29, 1.82) is 0 Å². The van der Waals surface area contributed by atoms with Crippen LogP contribution in [0.4, 0.5) is 0 Å². The highest BCUT2D eigenvalue weighted by molar-refractivity contribution is 5.69. The van der Waals surface area contributed by atoms with Crippen LogP contribution in [0, 0.1) is 5.41 Å². The zero-order chi connectivity index (χ0) is 10.4. The van der Waals surface area contributed by atoms with Gasteiger partial charge in [-0.2, -0.15) is 0 Å². The van der Waals surface area contributed by atoms with Gasteiger partial charge in [0.2, 0.25) is 0 Å². The molecule has 0 aromatic heterocycles. The number of hydrogen-bond donors (Lipinski definition) is 1. The smallest absolute Gasteiger partial charge is 0.307 e. The van der Waals surface area contributed by atoms with Gasteiger partial charge < -0.3 is 14.8 Å². The lowest BCUT2D eigenvalue weighted by Crippen LogP contribution is -2.47. The molecule has 1 fully saturated rings. The van der Waals surface area contributed by atoms with Gasteiger partial charge in [-0.05, 0) is 6.92 Å². The molecule has 4 nitrogen and oxygen atoms in total. The van der Waals surface area contributed by atoms with Crippen molar-refractivity contribution >= 4 is 5.97 Å². The predicted octanol–water partition coefficient (Wildman–Crippen LogP) is 0.566. The predicted molar refractivity (Wildman–Crippen MR) is 53.0 cm³/mol. The van der Waals surface area contributed by atoms with Gasteiger partial charge in [-0.1, -0.05) is 6.92 Å². The molecule has 1 aliphatic rings. The third-order valence-corrected chi connectivity index (χ3v) is 2.26. The van der Waals surface area contributed by atoms with Gasteiger partial charge >= 0.3 is 5.97 Å². The van der Waals surface area contributed by atoms with Crippen molar-refractivity contribution in [1.82, 2.24) is 5.32 Å². The Morgan fingerprint density at radius 3 is 2.79 bits per heavy atom. The zero-order valence-corrected chi connectivity index (χ0v) is 8.97. The topological polar surface area (TPSA) is 47.6 Å². The number of hydrogen-bond acceptors (Lipinski definition) is 4. The maximum absolute atomic E-state index is 11.0. The Labute approximate surface area is 85.0 Å². The summed E-state index contributed by atoms with van der Waals surface area (Å²) in [5.41, 5.74) is 0.272. The first-order valence-corrected chi connectivity index (χ1v) is 5.10. The molecule has 14 heavy (non-hydrogen) atoms. The molecule has 1 aliphatic heterocycles. The van der Waals surface area contributed by atoms with E-state index in [-0.39, 0.29) is 11.4 Å². The highest BCUT2D eigenvalue weighted by atomic mass is 16.5. The number of carbonyl (C=O) groups is 1. The van der Waals surface area contributed by atoms with Crippen LogP contribution in [0.5, 0.6) is 0 Å². The molecule has 0 unspecified atom stereocenters. The second kappa shape index (κ2) is 5.32. The Kier molecular flexibility index (Phi) is 4.35. The van der Waals surface area contributed by atoms with E-state index in [1.807, 2.05) is 6.92 Å². The Morgan fingerprint density at radius 2 is 2.29 bits per heavy atom. The molecular formula is C10H19NO3. The van der Waals surface area contributed by atoms with Gasteiger partial charge in [-0.15, -0.1) is 0 Å². The van der Waals surface area contributed by atoms with Gasteiger partial charge in [0.1, 0.15) is 0 Å². The van der Waals surface area contributed by atoms with Crippen molar-refractivity contribution in [2.75, 3.05) is 32.9 Å². The quantitative estimate of drug-likeness (QED) is 0.504. The SMILES string of the molecule is CCOC(=O)CCNCC1(C)COC1. The Hall–Kier alpha value is -0.610. The van der Waals surface area contributed by atoms with E-state index in [0.717, 1.165) is 19.8 Å². The number of nitrogens with one attached hydrogen (secondary N) is 1. The zero-order valence-electron chi connectivity index (χ0n) is 8.97. The van der Waals surface area contributed by atoms with Crippen molar-refractivity contribution in [3.63, 3.8) is 0 Å². The Balaban J connectivity index is 1.96. The molecule has 4 heteroatoms. The first-order valence-electron chi connectivity index (χ1n) is 5.10. The number of ether oxygens (including phenoxy) is 2. The number of esters is 1. The second-order valence-corrected chi connectivity index (χ2v) is 4.04. The summed E-state index contributed by atoms with van der Waals surface area (Å²) in [4.78, 5) is 11.0. The van der Waals surface area contributed by atoms with Crippen LogP contribution in [0.1, 0.15) is 20.3 Å². The summed E-state index contributed by atoms with van der Waals surface area (Å²) >= 11 is 0. The lowest BCUT2D eigenvalue weighted by molar-refractivity contribution is -0.143. The van der Waals surface area contributed by atoms with E-state index >= 15 is 0 Å². The normalized spacial score (nSPS) is 18.7. The molecule has 0 atom stereocenters. The monoisotopic (exact) mass is 201 g/mol. The molecule has 0 radical (unpaired) electrons. The van der Waals surface area contributed by atoms with Crippen molar-refractivity contribution in [3.8, 4) is 0 Å². The molecular weight excluding hydrogens is 182 g/mol. The maximum atomic E-state index is 11.0. The average molecular weight is 201 g/mol. The molecule has 0 aromatic rings. The minimum absolute atomic E-state index is 0.130. The summed E-state index contributed by atoms with van der Waals surface area (Å²) in [6, 6.07) is 0. The van der Waals surface area contributed by atoms with E-state index in [1.54, 1.807) is 0 Å².